The van der Waals surface area contributed by atoms with Crippen LogP contribution >= 0.6 is 0 Å². The van der Waals surface area contributed by atoms with Crippen molar-refractivity contribution in [1.82, 2.24) is 4.90 Å². The maximum atomic E-state index is 9.96. The van der Waals surface area contributed by atoms with Crippen LogP contribution in [0.5, 0.6) is 0 Å². The molecule has 0 aromatic heterocycles. The molecule has 0 saturated carbocycles. The van der Waals surface area contributed by atoms with Crippen LogP contribution in [-0.2, 0) is 5.11 Å². The molecule has 0 aliphatic rings. The number of carbonyl (C=O) groups excluding carboxylic acids is 1. The molecule has 0 aliphatic carbocycles. The fourth-order valence-electron chi connectivity index (χ4n) is 0.211. The molecule has 0 aromatic carbocycles. The Morgan fingerprint density at radius 3 is 1.88 bits per heavy atom. The highest BCUT2D eigenvalue weighted by atomic mass is 16.4. The number of hydrogen-bond acceptors (Lipinski definition) is 1. The van der Waals surface area contributed by atoms with E-state index in [1.54, 1.807) is 13.8 Å². The fourth-order valence-corrected chi connectivity index (χ4v) is 0.211. The van der Waals surface area contributed by atoms with Gasteiger partial charge in [-0.25, -0.2) is 9.90 Å². The lowest BCUT2D eigenvalue weighted by Crippen LogP contribution is -2.30. The zero-order valence-corrected chi connectivity index (χ0v) is 5.34. The minimum atomic E-state index is -1.12. The maximum Gasteiger partial charge on any atom is 0.453 e. The Kier molecular flexibility index (Phi) is 2.31. The zero-order valence-electron chi connectivity index (χ0n) is 5.34. The standard InChI is InChI=1S/C5H10NO2/c1-4(2)6(3)5(7)8/h4H,1-3H3. The van der Waals surface area contributed by atoms with Crippen LogP contribution in [0.2, 0.25) is 0 Å². The first kappa shape index (κ1) is 7.27. The Balaban J connectivity index is 3.64. The molecule has 0 spiro atoms. The van der Waals surface area contributed by atoms with Crippen molar-refractivity contribution < 1.29 is 9.90 Å². The van der Waals surface area contributed by atoms with Gasteiger partial charge in [-0.1, -0.05) is 0 Å². The maximum absolute atomic E-state index is 9.96. The van der Waals surface area contributed by atoms with E-state index in [2.05, 4.69) is 0 Å². The van der Waals surface area contributed by atoms with E-state index in [1.807, 2.05) is 0 Å². The Bertz CT molecular complexity index is 90.4. The lowest BCUT2D eigenvalue weighted by Gasteiger charge is -2.14. The van der Waals surface area contributed by atoms with E-state index in [1.165, 1.54) is 7.05 Å². The Morgan fingerprint density at radius 1 is 1.50 bits per heavy atom. The molecule has 0 aromatic rings. The van der Waals surface area contributed by atoms with Crippen LogP contribution in [0.15, 0.2) is 0 Å². The molecule has 0 atom stereocenters. The fraction of sp³-hybridized carbons (Fsp3) is 0.800. The van der Waals surface area contributed by atoms with Crippen molar-refractivity contribution in [1.29, 1.82) is 0 Å². The molecule has 0 aliphatic heterocycles. The van der Waals surface area contributed by atoms with Gasteiger partial charge in [-0.2, -0.15) is 0 Å². The van der Waals surface area contributed by atoms with Crippen molar-refractivity contribution in [2.45, 2.75) is 19.9 Å². The summed E-state index contributed by atoms with van der Waals surface area (Å²) in [6, 6.07) is 0.0139. The van der Waals surface area contributed by atoms with E-state index in [0.717, 1.165) is 4.90 Å². The predicted molar refractivity (Wildman–Crippen MR) is 29.0 cm³/mol. The van der Waals surface area contributed by atoms with Crippen LogP contribution in [0.4, 0.5) is 4.79 Å². The van der Waals surface area contributed by atoms with Gasteiger partial charge in [0.05, 0.1) is 0 Å². The molecule has 0 heterocycles. The third kappa shape index (κ3) is 1.82. The summed E-state index contributed by atoms with van der Waals surface area (Å²) in [5, 5.41) is 9.96. The lowest BCUT2D eigenvalue weighted by molar-refractivity contribution is 0.119. The van der Waals surface area contributed by atoms with Crippen molar-refractivity contribution in [2.24, 2.45) is 0 Å². The summed E-state index contributed by atoms with van der Waals surface area (Å²) in [6.07, 6.45) is -1.12. The predicted octanol–water partition coefficient (Wildman–Crippen LogP) is 0.877. The van der Waals surface area contributed by atoms with E-state index in [9.17, 15) is 9.90 Å². The minimum Gasteiger partial charge on any atom is -0.306 e. The van der Waals surface area contributed by atoms with Crippen LogP contribution < -0.4 is 0 Å². The Morgan fingerprint density at radius 2 is 1.88 bits per heavy atom. The SMILES string of the molecule is CC(C)N(C)C([O])=O. The molecule has 1 radical (unpaired) electrons. The Hall–Kier alpha value is -0.730. The van der Waals surface area contributed by atoms with E-state index >= 15 is 0 Å². The van der Waals surface area contributed by atoms with Gasteiger partial charge >= 0.3 is 6.09 Å². The molecule has 0 N–H and O–H groups in total. The summed E-state index contributed by atoms with van der Waals surface area (Å²) in [7, 11) is 1.49. The molecule has 0 fully saturated rings. The molecular weight excluding hydrogens is 106 g/mol. The Labute approximate surface area is 48.9 Å². The number of nitrogens with zero attached hydrogens (tertiary/aromatic N) is 1. The minimum absolute atomic E-state index is 0.0139. The second-order valence-electron chi connectivity index (χ2n) is 1.97. The number of carbonyl (C=O) groups is 1. The van der Waals surface area contributed by atoms with Crippen LogP contribution in [0.1, 0.15) is 13.8 Å². The molecule has 0 unspecified atom stereocenters. The second-order valence-corrected chi connectivity index (χ2v) is 1.97. The van der Waals surface area contributed by atoms with Crippen molar-refractivity contribution in [2.75, 3.05) is 7.05 Å². The molecule has 1 amide bonds. The molecule has 3 nitrogen and oxygen atoms in total. The first-order chi connectivity index (χ1) is 3.55. The number of rotatable bonds is 1. The van der Waals surface area contributed by atoms with Gasteiger partial charge in [-0.15, -0.1) is 0 Å². The molecule has 0 saturated heterocycles. The average molecular weight is 116 g/mol. The molecule has 8 heavy (non-hydrogen) atoms. The van der Waals surface area contributed by atoms with Crippen molar-refractivity contribution in [3.63, 3.8) is 0 Å². The molecule has 0 bridgehead atoms. The second kappa shape index (κ2) is 2.55. The molecule has 0 rings (SSSR count). The first-order valence-electron chi connectivity index (χ1n) is 2.49. The third-order valence-corrected chi connectivity index (χ3v) is 1.06. The lowest BCUT2D eigenvalue weighted by atomic mass is 10.4. The van der Waals surface area contributed by atoms with E-state index in [0.29, 0.717) is 0 Å². The van der Waals surface area contributed by atoms with Crippen molar-refractivity contribution in [3.8, 4) is 0 Å². The molecule has 47 valence electrons. The van der Waals surface area contributed by atoms with Gasteiger partial charge in [-0.05, 0) is 13.8 Å². The van der Waals surface area contributed by atoms with Crippen LogP contribution in [-0.4, -0.2) is 24.1 Å². The quantitative estimate of drug-likeness (QED) is 0.501. The number of amides is 1. The first-order valence-corrected chi connectivity index (χ1v) is 2.49. The average Bonchev–Trinajstić information content (AvgIpc) is 1.64. The van der Waals surface area contributed by atoms with Crippen LogP contribution in [0.3, 0.4) is 0 Å². The monoisotopic (exact) mass is 116 g/mol. The van der Waals surface area contributed by atoms with Gasteiger partial charge in [0.2, 0.25) is 0 Å². The van der Waals surface area contributed by atoms with E-state index < -0.39 is 6.09 Å². The van der Waals surface area contributed by atoms with Gasteiger partial charge < -0.3 is 4.90 Å². The van der Waals surface area contributed by atoms with Gasteiger partial charge in [0.25, 0.3) is 0 Å². The van der Waals surface area contributed by atoms with E-state index in [-0.39, 0.29) is 6.04 Å². The van der Waals surface area contributed by atoms with Crippen molar-refractivity contribution in [3.05, 3.63) is 0 Å². The summed E-state index contributed by atoms with van der Waals surface area (Å²) in [4.78, 5) is 11.1. The summed E-state index contributed by atoms with van der Waals surface area (Å²) < 4.78 is 0. The number of hydrogen-bond donors (Lipinski definition) is 0. The topological polar surface area (TPSA) is 40.2 Å². The van der Waals surface area contributed by atoms with Gasteiger partial charge in [0.15, 0.2) is 0 Å². The van der Waals surface area contributed by atoms with Gasteiger partial charge in [0.1, 0.15) is 0 Å². The van der Waals surface area contributed by atoms with E-state index in [4.69, 9.17) is 0 Å². The summed E-state index contributed by atoms with van der Waals surface area (Å²) in [6.45, 7) is 3.58. The largest absolute Gasteiger partial charge is 0.453 e. The molecular formula is C5H10NO2. The molecule has 3 heteroatoms. The van der Waals surface area contributed by atoms with Crippen molar-refractivity contribution >= 4 is 6.09 Å². The van der Waals surface area contributed by atoms with Gasteiger partial charge in [0, 0.05) is 13.1 Å². The highest BCUT2D eigenvalue weighted by Crippen LogP contribution is 1.92. The normalized spacial score (nSPS) is 9.50. The summed E-state index contributed by atoms with van der Waals surface area (Å²) in [5.74, 6) is 0. The van der Waals surface area contributed by atoms with Crippen LogP contribution in [0.25, 0.3) is 0 Å². The van der Waals surface area contributed by atoms with Gasteiger partial charge in [-0.3, -0.25) is 0 Å². The third-order valence-electron chi connectivity index (χ3n) is 1.06. The highest BCUT2D eigenvalue weighted by Gasteiger charge is 2.09. The van der Waals surface area contributed by atoms with Crippen LogP contribution in [0, 0.1) is 0 Å². The smallest absolute Gasteiger partial charge is 0.306 e. The summed E-state index contributed by atoms with van der Waals surface area (Å²) in [5.41, 5.74) is 0. The highest BCUT2D eigenvalue weighted by molar-refractivity contribution is 5.64. The summed E-state index contributed by atoms with van der Waals surface area (Å²) >= 11 is 0. The zero-order chi connectivity index (χ0) is 6.73.